The van der Waals surface area contributed by atoms with E-state index in [1.165, 1.54) is 0 Å². The minimum Gasteiger partial charge on any atom is -0.347 e. The summed E-state index contributed by atoms with van der Waals surface area (Å²) in [6, 6.07) is 0.544. The zero-order chi connectivity index (χ0) is 9.68. The van der Waals surface area contributed by atoms with Crippen molar-refractivity contribution in [2.45, 2.75) is 19.0 Å². The average Bonchev–Trinajstić information content (AvgIpc) is 2.52. The molecule has 0 aliphatic carbocycles. The molecule has 4 heteroatoms. The summed E-state index contributed by atoms with van der Waals surface area (Å²) in [6.07, 6.45) is 3.29. The van der Waals surface area contributed by atoms with Gasteiger partial charge < -0.3 is 16.0 Å². The van der Waals surface area contributed by atoms with Crippen molar-refractivity contribution in [3.63, 3.8) is 0 Å². The van der Waals surface area contributed by atoms with Crippen LogP contribution in [0.3, 0.4) is 0 Å². The van der Waals surface area contributed by atoms with Gasteiger partial charge in [0, 0.05) is 19.1 Å². The van der Waals surface area contributed by atoms with Gasteiger partial charge in [-0.2, -0.15) is 0 Å². The Morgan fingerprint density at radius 2 is 2.15 bits per heavy atom. The molecule has 1 saturated heterocycles. The zero-order valence-corrected chi connectivity index (χ0v) is 8.13. The van der Waals surface area contributed by atoms with Crippen molar-refractivity contribution in [1.29, 1.82) is 0 Å². The average molecular weight is 183 g/mol. The monoisotopic (exact) mass is 183 g/mol. The fraction of sp³-hybridized carbons (Fsp3) is 0.667. The first-order valence-electron chi connectivity index (χ1n) is 4.59. The summed E-state index contributed by atoms with van der Waals surface area (Å²) < 4.78 is 0. The number of carbonyl (C=O) groups is 1. The second-order valence-electron chi connectivity index (χ2n) is 3.17. The highest BCUT2D eigenvalue weighted by Crippen LogP contribution is 1.98. The molecule has 0 radical (unpaired) electrons. The summed E-state index contributed by atoms with van der Waals surface area (Å²) in [7, 11) is 1.91. The van der Waals surface area contributed by atoms with Gasteiger partial charge in [0.1, 0.15) is 0 Å². The van der Waals surface area contributed by atoms with Crippen LogP contribution >= 0.6 is 0 Å². The van der Waals surface area contributed by atoms with Crippen LogP contribution < -0.4 is 16.0 Å². The maximum absolute atomic E-state index is 11.2. The highest BCUT2D eigenvalue weighted by Gasteiger charge is 2.25. The molecule has 0 aromatic heterocycles. The maximum Gasteiger partial charge on any atom is 0.243 e. The highest BCUT2D eigenvalue weighted by atomic mass is 16.1. The van der Waals surface area contributed by atoms with Crippen LogP contribution in [0.25, 0.3) is 0 Å². The third-order valence-corrected chi connectivity index (χ3v) is 2.23. The first-order chi connectivity index (χ1) is 6.27. The number of allylic oxidation sites excluding steroid dienone is 1. The van der Waals surface area contributed by atoms with Gasteiger partial charge in [0.15, 0.2) is 0 Å². The molecule has 1 aliphatic heterocycles. The van der Waals surface area contributed by atoms with E-state index < -0.39 is 0 Å². The molecule has 1 unspecified atom stereocenters. The fourth-order valence-electron chi connectivity index (χ4n) is 1.52. The highest BCUT2D eigenvalue weighted by molar-refractivity contribution is 5.87. The summed E-state index contributed by atoms with van der Waals surface area (Å²) in [6.45, 7) is 3.59. The molecule has 0 aromatic rings. The Hall–Kier alpha value is -0.870. The predicted octanol–water partition coefficient (Wildman–Crippen LogP) is -0.761. The molecule has 74 valence electrons. The largest absolute Gasteiger partial charge is 0.347 e. The van der Waals surface area contributed by atoms with E-state index in [2.05, 4.69) is 16.0 Å². The van der Waals surface area contributed by atoms with Crippen LogP contribution in [0.1, 0.15) is 6.92 Å². The summed E-state index contributed by atoms with van der Waals surface area (Å²) in [5, 5.41) is 9.31. The lowest BCUT2D eigenvalue weighted by Gasteiger charge is -2.18. The number of hydrogen-bond acceptors (Lipinski definition) is 3. The van der Waals surface area contributed by atoms with Gasteiger partial charge in [0.05, 0.1) is 6.04 Å². The second-order valence-corrected chi connectivity index (χ2v) is 3.17. The van der Waals surface area contributed by atoms with Crippen LogP contribution in [0.2, 0.25) is 0 Å². The lowest BCUT2D eigenvalue weighted by molar-refractivity contribution is -0.117. The molecule has 3 N–H and O–H groups in total. The van der Waals surface area contributed by atoms with Crippen LogP contribution in [-0.2, 0) is 4.79 Å². The number of amides is 1. The minimum atomic E-state index is -0.0172. The molecule has 0 saturated carbocycles. The molecule has 0 spiro atoms. The summed E-state index contributed by atoms with van der Waals surface area (Å²) in [4.78, 5) is 11.2. The molecular weight excluding hydrogens is 166 g/mol. The minimum absolute atomic E-state index is 0.0172. The lowest BCUT2D eigenvalue weighted by Crippen LogP contribution is -2.47. The number of nitrogens with one attached hydrogen (secondary N) is 3. The first kappa shape index (κ1) is 10.2. The van der Waals surface area contributed by atoms with Crippen molar-refractivity contribution in [3.05, 3.63) is 12.2 Å². The molecule has 1 rings (SSSR count). The Balaban J connectivity index is 2.39. The Labute approximate surface area is 78.8 Å². The Kier molecular flexibility index (Phi) is 3.92. The lowest BCUT2D eigenvalue weighted by atomic mass is 10.2. The topological polar surface area (TPSA) is 53.2 Å². The number of carbonyl (C=O) groups excluding carboxylic acids is 1. The Morgan fingerprint density at radius 1 is 1.46 bits per heavy atom. The Morgan fingerprint density at radius 3 is 2.77 bits per heavy atom. The van der Waals surface area contributed by atoms with Crippen LogP contribution in [-0.4, -0.2) is 38.1 Å². The number of rotatable bonds is 3. The van der Waals surface area contributed by atoms with E-state index in [1.54, 1.807) is 12.2 Å². The molecule has 0 bridgehead atoms. The van der Waals surface area contributed by atoms with E-state index in [9.17, 15) is 4.79 Å². The molecule has 1 aliphatic rings. The normalized spacial score (nSPS) is 28.2. The second kappa shape index (κ2) is 4.99. The van der Waals surface area contributed by atoms with Gasteiger partial charge in [-0.1, -0.05) is 6.08 Å². The smallest absolute Gasteiger partial charge is 0.243 e. The zero-order valence-electron chi connectivity index (χ0n) is 8.13. The van der Waals surface area contributed by atoms with E-state index in [4.69, 9.17) is 0 Å². The molecule has 1 heterocycles. The van der Waals surface area contributed by atoms with Crippen LogP contribution in [0, 0.1) is 0 Å². The van der Waals surface area contributed by atoms with E-state index in [-0.39, 0.29) is 11.9 Å². The van der Waals surface area contributed by atoms with Crippen molar-refractivity contribution in [1.82, 2.24) is 16.0 Å². The van der Waals surface area contributed by atoms with Gasteiger partial charge in [-0.15, -0.1) is 0 Å². The van der Waals surface area contributed by atoms with Crippen molar-refractivity contribution in [3.8, 4) is 0 Å². The maximum atomic E-state index is 11.2. The number of likely N-dealkylation sites (N-methyl/N-ethyl adjacent to an activating group) is 1. The summed E-state index contributed by atoms with van der Waals surface area (Å²) >= 11 is 0. The van der Waals surface area contributed by atoms with E-state index >= 15 is 0 Å². The molecule has 1 fully saturated rings. The molecular formula is C9H17N3O. The fourth-order valence-corrected chi connectivity index (χ4v) is 1.52. The van der Waals surface area contributed by atoms with Crippen LogP contribution in [0.4, 0.5) is 0 Å². The first-order valence-corrected chi connectivity index (χ1v) is 4.59. The molecule has 2 atom stereocenters. The van der Waals surface area contributed by atoms with Crippen molar-refractivity contribution >= 4 is 5.91 Å². The van der Waals surface area contributed by atoms with Crippen molar-refractivity contribution in [2.75, 3.05) is 20.1 Å². The number of hydrogen-bond donors (Lipinski definition) is 3. The Bertz CT molecular complexity index is 203. The quantitative estimate of drug-likeness (QED) is 0.504. The van der Waals surface area contributed by atoms with Gasteiger partial charge in [-0.3, -0.25) is 4.79 Å². The molecule has 1 amide bonds. The molecule has 13 heavy (non-hydrogen) atoms. The van der Waals surface area contributed by atoms with Gasteiger partial charge in [-0.05, 0) is 20.0 Å². The van der Waals surface area contributed by atoms with Gasteiger partial charge in [0.2, 0.25) is 5.91 Å². The van der Waals surface area contributed by atoms with Crippen molar-refractivity contribution < 1.29 is 4.79 Å². The van der Waals surface area contributed by atoms with Crippen molar-refractivity contribution in [2.24, 2.45) is 0 Å². The van der Waals surface area contributed by atoms with E-state index in [0.717, 1.165) is 13.1 Å². The van der Waals surface area contributed by atoms with Crippen LogP contribution in [0.5, 0.6) is 0 Å². The SMILES string of the molecule is C/C=C/C(=O)NC1CNC[C@H]1NC. The van der Waals surface area contributed by atoms with Crippen LogP contribution in [0.15, 0.2) is 12.2 Å². The van der Waals surface area contributed by atoms with Gasteiger partial charge in [0.25, 0.3) is 0 Å². The van der Waals surface area contributed by atoms with E-state index in [1.807, 2.05) is 14.0 Å². The third-order valence-electron chi connectivity index (χ3n) is 2.23. The summed E-state index contributed by atoms with van der Waals surface area (Å²) in [5.41, 5.74) is 0. The predicted molar refractivity (Wildman–Crippen MR) is 52.5 cm³/mol. The molecule has 4 nitrogen and oxygen atoms in total. The van der Waals surface area contributed by atoms with E-state index in [0.29, 0.717) is 6.04 Å². The van der Waals surface area contributed by atoms with Gasteiger partial charge >= 0.3 is 0 Å². The standard InChI is InChI=1S/C9H17N3O/c1-3-4-9(13)12-8-6-11-5-7(8)10-2/h3-4,7-8,10-11H,5-6H2,1-2H3,(H,12,13)/b4-3+/t7-,8?/m1/s1. The molecule has 0 aromatic carbocycles. The third kappa shape index (κ3) is 2.82. The summed E-state index contributed by atoms with van der Waals surface area (Å²) in [5.74, 6) is -0.0172. The van der Waals surface area contributed by atoms with Gasteiger partial charge in [-0.25, -0.2) is 0 Å².